The summed E-state index contributed by atoms with van der Waals surface area (Å²) in [6, 6.07) is 9.44. The maximum atomic E-state index is 9.21. The van der Waals surface area contributed by atoms with Gasteiger partial charge in [-0.05, 0) is 36.4 Å². The molecule has 1 aromatic rings. The van der Waals surface area contributed by atoms with Crippen LogP contribution in [-0.4, -0.2) is 24.3 Å². The van der Waals surface area contributed by atoms with Gasteiger partial charge in [0.1, 0.15) is 0 Å². The highest BCUT2D eigenvalue weighted by molar-refractivity contribution is 5.31. The van der Waals surface area contributed by atoms with Crippen molar-refractivity contribution in [1.82, 2.24) is 10.6 Å². The molecule has 2 unspecified atom stereocenters. The predicted octanol–water partition coefficient (Wildman–Crippen LogP) is 2.22. The number of hydrogen-bond acceptors (Lipinski definition) is 3. The quantitative estimate of drug-likeness (QED) is 0.762. The average Bonchev–Trinajstić information content (AvgIpc) is 2.61. The lowest BCUT2D eigenvalue weighted by Gasteiger charge is -2.28. The zero-order valence-corrected chi connectivity index (χ0v) is 12.0. The Kier molecular flexibility index (Phi) is 5.37. The topological polar surface area (TPSA) is 44.3 Å². The van der Waals surface area contributed by atoms with Gasteiger partial charge in [0.15, 0.2) is 0 Å². The lowest BCUT2D eigenvalue weighted by molar-refractivity contribution is 0.233. The van der Waals surface area contributed by atoms with Gasteiger partial charge in [-0.3, -0.25) is 0 Å². The van der Waals surface area contributed by atoms with E-state index in [2.05, 4.69) is 48.7 Å². The molecule has 0 amide bonds. The Balaban J connectivity index is 2.14. The van der Waals surface area contributed by atoms with Crippen molar-refractivity contribution in [2.45, 2.75) is 45.3 Å². The number of aliphatic hydroxyl groups is 1. The van der Waals surface area contributed by atoms with Crippen LogP contribution in [0.2, 0.25) is 0 Å². The maximum absolute atomic E-state index is 9.21. The van der Waals surface area contributed by atoms with E-state index in [9.17, 15) is 5.11 Å². The summed E-state index contributed by atoms with van der Waals surface area (Å²) in [5.74, 6) is 0.538. The van der Waals surface area contributed by atoms with E-state index in [4.69, 9.17) is 0 Å². The highest BCUT2D eigenvalue weighted by Gasteiger charge is 2.22. The van der Waals surface area contributed by atoms with Crippen LogP contribution in [0.1, 0.15) is 43.9 Å². The van der Waals surface area contributed by atoms with E-state index < -0.39 is 0 Å². The molecule has 19 heavy (non-hydrogen) atoms. The zero-order valence-electron chi connectivity index (χ0n) is 12.0. The third-order valence-corrected chi connectivity index (χ3v) is 4.02. The molecule has 3 heteroatoms. The summed E-state index contributed by atoms with van der Waals surface area (Å²) < 4.78 is 0. The second-order valence-electron chi connectivity index (χ2n) is 5.75. The molecule has 1 aromatic carbocycles. The summed E-state index contributed by atoms with van der Waals surface area (Å²) in [6.07, 6.45) is 1.93. The van der Waals surface area contributed by atoms with Gasteiger partial charge in [0.05, 0.1) is 0 Å². The van der Waals surface area contributed by atoms with Gasteiger partial charge in [-0.15, -0.1) is 0 Å². The van der Waals surface area contributed by atoms with Gasteiger partial charge in [-0.1, -0.05) is 38.1 Å². The molecule has 0 aromatic heterocycles. The largest absolute Gasteiger partial charge is 0.396 e. The van der Waals surface area contributed by atoms with Crippen molar-refractivity contribution >= 4 is 0 Å². The number of benzene rings is 1. The Bertz CT molecular complexity index is 392. The summed E-state index contributed by atoms with van der Waals surface area (Å²) in [4.78, 5) is 0. The van der Waals surface area contributed by atoms with E-state index in [0.717, 1.165) is 25.9 Å². The van der Waals surface area contributed by atoms with Crippen molar-refractivity contribution in [2.24, 2.45) is 5.92 Å². The standard InChI is InChI=1S/C16H26N2O/c1-12(2)15(8-10-19)18-16-7-9-17-11-13-5-3-4-6-14(13)16/h3-6,12,15-19H,7-11H2,1-2H3. The molecule has 1 aliphatic rings. The number of nitrogens with one attached hydrogen (secondary N) is 2. The van der Waals surface area contributed by atoms with Crippen LogP contribution in [0.25, 0.3) is 0 Å². The van der Waals surface area contributed by atoms with Gasteiger partial charge in [0, 0.05) is 25.2 Å². The van der Waals surface area contributed by atoms with Crippen LogP contribution in [0.4, 0.5) is 0 Å². The zero-order chi connectivity index (χ0) is 13.7. The molecule has 1 aliphatic heterocycles. The molecule has 0 bridgehead atoms. The Morgan fingerprint density at radius 1 is 1.37 bits per heavy atom. The van der Waals surface area contributed by atoms with Crippen LogP contribution in [0.15, 0.2) is 24.3 Å². The van der Waals surface area contributed by atoms with Crippen molar-refractivity contribution < 1.29 is 5.11 Å². The monoisotopic (exact) mass is 262 g/mol. The number of hydrogen-bond donors (Lipinski definition) is 3. The summed E-state index contributed by atoms with van der Waals surface area (Å²) in [5.41, 5.74) is 2.81. The second kappa shape index (κ2) is 7.04. The first-order valence-corrected chi connectivity index (χ1v) is 7.37. The fourth-order valence-corrected chi connectivity index (χ4v) is 2.84. The SMILES string of the molecule is CC(C)C(CCO)NC1CCNCc2ccccc21. The van der Waals surface area contributed by atoms with Crippen molar-refractivity contribution in [1.29, 1.82) is 0 Å². The Hall–Kier alpha value is -0.900. The van der Waals surface area contributed by atoms with Crippen molar-refractivity contribution in [3.8, 4) is 0 Å². The molecule has 0 radical (unpaired) electrons. The molecule has 0 fully saturated rings. The Morgan fingerprint density at radius 3 is 2.89 bits per heavy atom. The number of rotatable bonds is 5. The fraction of sp³-hybridized carbons (Fsp3) is 0.625. The van der Waals surface area contributed by atoms with Gasteiger partial charge in [-0.25, -0.2) is 0 Å². The van der Waals surface area contributed by atoms with Crippen molar-refractivity contribution in [3.63, 3.8) is 0 Å². The molecule has 0 spiro atoms. The molecule has 0 aliphatic carbocycles. The third kappa shape index (κ3) is 3.78. The molecular formula is C16H26N2O. The summed E-state index contributed by atoms with van der Waals surface area (Å²) in [7, 11) is 0. The van der Waals surface area contributed by atoms with Crippen LogP contribution in [-0.2, 0) is 6.54 Å². The van der Waals surface area contributed by atoms with Crippen molar-refractivity contribution in [3.05, 3.63) is 35.4 Å². The van der Waals surface area contributed by atoms with E-state index >= 15 is 0 Å². The smallest absolute Gasteiger partial charge is 0.0445 e. The van der Waals surface area contributed by atoms with E-state index in [1.54, 1.807) is 0 Å². The Morgan fingerprint density at radius 2 is 2.16 bits per heavy atom. The molecular weight excluding hydrogens is 236 g/mol. The van der Waals surface area contributed by atoms with Crippen LogP contribution >= 0.6 is 0 Å². The summed E-state index contributed by atoms with van der Waals surface area (Å²) in [6.45, 7) is 6.68. The van der Waals surface area contributed by atoms with Gasteiger partial charge in [-0.2, -0.15) is 0 Å². The molecule has 106 valence electrons. The first kappa shape index (κ1) is 14.5. The predicted molar refractivity (Wildman–Crippen MR) is 79.0 cm³/mol. The van der Waals surface area contributed by atoms with E-state index in [1.807, 2.05) is 0 Å². The van der Waals surface area contributed by atoms with E-state index in [-0.39, 0.29) is 6.61 Å². The van der Waals surface area contributed by atoms with Gasteiger partial charge in [0.2, 0.25) is 0 Å². The Labute approximate surface area is 116 Å². The highest BCUT2D eigenvalue weighted by Crippen LogP contribution is 2.25. The van der Waals surface area contributed by atoms with E-state index in [0.29, 0.717) is 18.0 Å². The fourth-order valence-electron chi connectivity index (χ4n) is 2.84. The molecule has 3 nitrogen and oxygen atoms in total. The van der Waals surface area contributed by atoms with Gasteiger partial charge < -0.3 is 15.7 Å². The lowest BCUT2D eigenvalue weighted by Crippen LogP contribution is -2.38. The number of fused-ring (bicyclic) bond motifs is 1. The molecule has 2 atom stereocenters. The number of aliphatic hydroxyl groups excluding tert-OH is 1. The second-order valence-corrected chi connectivity index (χ2v) is 5.75. The molecule has 0 saturated carbocycles. The molecule has 3 N–H and O–H groups in total. The minimum atomic E-state index is 0.252. The molecule has 1 heterocycles. The molecule has 2 rings (SSSR count). The van der Waals surface area contributed by atoms with Crippen LogP contribution in [0.5, 0.6) is 0 Å². The first-order valence-electron chi connectivity index (χ1n) is 7.37. The first-order chi connectivity index (χ1) is 9.22. The summed E-state index contributed by atoms with van der Waals surface area (Å²) >= 11 is 0. The van der Waals surface area contributed by atoms with Crippen LogP contribution in [0, 0.1) is 5.92 Å². The third-order valence-electron chi connectivity index (χ3n) is 4.02. The highest BCUT2D eigenvalue weighted by atomic mass is 16.3. The summed E-state index contributed by atoms with van der Waals surface area (Å²) in [5, 5.41) is 16.4. The normalized spacial score (nSPS) is 20.9. The molecule has 0 saturated heterocycles. The van der Waals surface area contributed by atoms with Crippen molar-refractivity contribution in [2.75, 3.05) is 13.2 Å². The van der Waals surface area contributed by atoms with Gasteiger partial charge in [0.25, 0.3) is 0 Å². The van der Waals surface area contributed by atoms with Gasteiger partial charge >= 0.3 is 0 Å². The minimum absolute atomic E-state index is 0.252. The van der Waals surface area contributed by atoms with E-state index in [1.165, 1.54) is 11.1 Å². The van der Waals surface area contributed by atoms with Crippen LogP contribution in [0.3, 0.4) is 0 Å². The maximum Gasteiger partial charge on any atom is 0.0445 e. The minimum Gasteiger partial charge on any atom is -0.396 e. The van der Waals surface area contributed by atoms with Crippen LogP contribution < -0.4 is 10.6 Å². The average molecular weight is 262 g/mol. The lowest BCUT2D eigenvalue weighted by atomic mass is 9.95.